The van der Waals surface area contributed by atoms with Crippen molar-refractivity contribution in [2.75, 3.05) is 0 Å². The van der Waals surface area contributed by atoms with Crippen LogP contribution in [0.4, 0.5) is 0 Å². The average Bonchev–Trinajstić information content (AvgIpc) is 2.18. The summed E-state index contributed by atoms with van der Waals surface area (Å²) in [6, 6.07) is 7.10. The number of benzene rings is 1. The first-order valence-electron chi connectivity index (χ1n) is 4.40. The van der Waals surface area contributed by atoms with E-state index < -0.39 is 5.97 Å². The van der Waals surface area contributed by atoms with Crippen molar-refractivity contribution in [1.82, 2.24) is 0 Å². The number of ether oxygens (including phenoxy) is 1. The number of aldehydes is 1. The highest BCUT2D eigenvalue weighted by molar-refractivity contribution is 6.21. The van der Waals surface area contributed by atoms with Crippen LogP contribution in [0.3, 0.4) is 0 Å². The van der Waals surface area contributed by atoms with E-state index in [1.54, 1.807) is 12.1 Å². The Kier molecular flexibility index (Phi) is 3.40. The summed E-state index contributed by atoms with van der Waals surface area (Å²) in [7, 11) is 0. The lowest BCUT2D eigenvalue weighted by Crippen LogP contribution is -2.08. The average molecular weight is 192 g/mol. The van der Waals surface area contributed by atoms with Crippen LogP contribution in [0.25, 0.3) is 0 Å². The standard InChI is InChI=1S/C11H12O3/c1-8(2)9-3-5-10(6-4-9)14-11(13)7-12/h3-8H,1-2H3. The maximum absolute atomic E-state index is 10.6. The Morgan fingerprint density at radius 3 is 2.29 bits per heavy atom. The third-order valence-electron chi connectivity index (χ3n) is 1.86. The van der Waals surface area contributed by atoms with E-state index in [9.17, 15) is 9.59 Å². The van der Waals surface area contributed by atoms with Crippen molar-refractivity contribution in [3.8, 4) is 5.75 Å². The summed E-state index contributed by atoms with van der Waals surface area (Å²) in [4.78, 5) is 20.6. The highest BCUT2D eigenvalue weighted by Gasteiger charge is 2.03. The van der Waals surface area contributed by atoms with Gasteiger partial charge in [0.05, 0.1) is 0 Å². The minimum absolute atomic E-state index is 0.149. The number of carbonyl (C=O) groups excluding carboxylic acids is 2. The Hall–Kier alpha value is -1.64. The molecule has 0 radical (unpaired) electrons. The molecule has 0 heterocycles. The molecule has 0 unspecified atom stereocenters. The van der Waals surface area contributed by atoms with Gasteiger partial charge in [0.1, 0.15) is 5.75 Å². The molecule has 0 aromatic heterocycles. The van der Waals surface area contributed by atoms with Crippen LogP contribution in [0, 0.1) is 0 Å². The van der Waals surface area contributed by atoms with Crippen LogP contribution < -0.4 is 4.74 Å². The summed E-state index contributed by atoms with van der Waals surface area (Å²) in [6.07, 6.45) is 0.149. The molecule has 0 saturated heterocycles. The fourth-order valence-electron chi connectivity index (χ4n) is 1.06. The molecule has 14 heavy (non-hydrogen) atoms. The van der Waals surface area contributed by atoms with E-state index in [2.05, 4.69) is 13.8 Å². The monoisotopic (exact) mass is 192 g/mol. The van der Waals surface area contributed by atoms with E-state index in [1.165, 1.54) is 0 Å². The Balaban J connectivity index is 2.73. The normalized spacial score (nSPS) is 9.93. The van der Waals surface area contributed by atoms with Crippen molar-refractivity contribution >= 4 is 12.3 Å². The molecule has 1 rings (SSSR count). The van der Waals surface area contributed by atoms with Crippen molar-refractivity contribution in [1.29, 1.82) is 0 Å². The summed E-state index contributed by atoms with van der Waals surface area (Å²) < 4.78 is 4.69. The van der Waals surface area contributed by atoms with Gasteiger partial charge >= 0.3 is 5.97 Å². The van der Waals surface area contributed by atoms with Crippen molar-refractivity contribution in [2.24, 2.45) is 0 Å². The quantitative estimate of drug-likeness (QED) is 0.318. The smallest absolute Gasteiger partial charge is 0.376 e. The summed E-state index contributed by atoms with van der Waals surface area (Å²) in [5.74, 6) is -0.0420. The van der Waals surface area contributed by atoms with E-state index in [4.69, 9.17) is 4.74 Å². The van der Waals surface area contributed by atoms with Gasteiger partial charge in [-0.25, -0.2) is 4.79 Å². The molecule has 0 aliphatic rings. The number of rotatable bonds is 3. The second-order valence-corrected chi connectivity index (χ2v) is 3.26. The fourth-order valence-corrected chi connectivity index (χ4v) is 1.06. The molecule has 0 fully saturated rings. The molecule has 1 aromatic rings. The molecular weight excluding hydrogens is 180 g/mol. The molecule has 74 valence electrons. The lowest BCUT2D eigenvalue weighted by Gasteiger charge is -2.05. The first-order chi connectivity index (χ1) is 6.63. The molecule has 0 saturated carbocycles. The summed E-state index contributed by atoms with van der Waals surface area (Å²) in [5, 5.41) is 0. The summed E-state index contributed by atoms with van der Waals surface area (Å²) in [5.41, 5.74) is 1.16. The van der Waals surface area contributed by atoms with Crippen LogP contribution in [0.15, 0.2) is 24.3 Å². The van der Waals surface area contributed by atoms with Gasteiger partial charge in [0.2, 0.25) is 6.29 Å². The molecule has 0 atom stereocenters. The molecule has 0 aliphatic heterocycles. The minimum Gasteiger partial charge on any atom is -0.421 e. The number of carbonyl (C=O) groups is 2. The molecule has 3 nitrogen and oxygen atoms in total. The largest absolute Gasteiger partial charge is 0.421 e. The van der Waals surface area contributed by atoms with Crippen LogP contribution in [0.1, 0.15) is 25.3 Å². The molecule has 0 spiro atoms. The SMILES string of the molecule is CC(C)c1ccc(OC(=O)C=O)cc1. The molecule has 3 heteroatoms. The van der Waals surface area contributed by atoms with Crippen molar-refractivity contribution in [2.45, 2.75) is 19.8 Å². The van der Waals surface area contributed by atoms with Gasteiger partial charge in [0.25, 0.3) is 0 Å². The minimum atomic E-state index is -0.873. The van der Waals surface area contributed by atoms with Crippen LogP contribution >= 0.6 is 0 Å². The zero-order valence-electron chi connectivity index (χ0n) is 8.19. The van der Waals surface area contributed by atoms with Crippen LogP contribution in [-0.2, 0) is 9.59 Å². The maximum Gasteiger partial charge on any atom is 0.376 e. The third-order valence-corrected chi connectivity index (χ3v) is 1.86. The van der Waals surface area contributed by atoms with Crippen molar-refractivity contribution in [3.63, 3.8) is 0 Å². The van der Waals surface area contributed by atoms with Gasteiger partial charge in [0, 0.05) is 0 Å². The van der Waals surface area contributed by atoms with E-state index in [-0.39, 0.29) is 6.29 Å². The zero-order chi connectivity index (χ0) is 10.6. The topological polar surface area (TPSA) is 43.4 Å². The van der Waals surface area contributed by atoms with Gasteiger partial charge < -0.3 is 4.74 Å². The third kappa shape index (κ3) is 2.69. The highest BCUT2D eigenvalue weighted by atomic mass is 16.5. The zero-order valence-corrected chi connectivity index (χ0v) is 8.19. The number of hydrogen-bond acceptors (Lipinski definition) is 3. The fraction of sp³-hybridized carbons (Fsp3) is 0.273. The Bertz CT molecular complexity index is 325. The molecule has 0 amide bonds. The number of hydrogen-bond donors (Lipinski definition) is 0. The Labute approximate surface area is 82.7 Å². The predicted octanol–water partition coefficient (Wildman–Crippen LogP) is 1.91. The van der Waals surface area contributed by atoms with E-state index in [0.29, 0.717) is 11.7 Å². The molecule has 1 aromatic carbocycles. The van der Waals surface area contributed by atoms with Gasteiger partial charge in [-0.15, -0.1) is 0 Å². The van der Waals surface area contributed by atoms with E-state index >= 15 is 0 Å². The lowest BCUT2D eigenvalue weighted by atomic mass is 10.0. The van der Waals surface area contributed by atoms with Gasteiger partial charge in [-0.2, -0.15) is 0 Å². The summed E-state index contributed by atoms with van der Waals surface area (Å²) in [6.45, 7) is 4.15. The Morgan fingerprint density at radius 2 is 1.86 bits per heavy atom. The summed E-state index contributed by atoms with van der Waals surface area (Å²) >= 11 is 0. The van der Waals surface area contributed by atoms with Crippen LogP contribution in [0.5, 0.6) is 5.75 Å². The van der Waals surface area contributed by atoms with Gasteiger partial charge in [-0.1, -0.05) is 26.0 Å². The molecule has 0 aliphatic carbocycles. The second-order valence-electron chi connectivity index (χ2n) is 3.26. The van der Waals surface area contributed by atoms with Crippen LogP contribution in [0.2, 0.25) is 0 Å². The molecular formula is C11H12O3. The molecule has 0 bridgehead atoms. The van der Waals surface area contributed by atoms with Gasteiger partial charge in [0.15, 0.2) is 0 Å². The molecule has 0 N–H and O–H groups in total. The first kappa shape index (κ1) is 10.4. The van der Waals surface area contributed by atoms with Crippen molar-refractivity contribution in [3.05, 3.63) is 29.8 Å². The van der Waals surface area contributed by atoms with Gasteiger partial charge in [-0.3, -0.25) is 4.79 Å². The first-order valence-corrected chi connectivity index (χ1v) is 4.40. The van der Waals surface area contributed by atoms with E-state index in [1.807, 2.05) is 12.1 Å². The lowest BCUT2D eigenvalue weighted by molar-refractivity contribution is -0.141. The predicted molar refractivity (Wildman–Crippen MR) is 52.2 cm³/mol. The van der Waals surface area contributed by atoms with E-state index in [0.717, 1.165) is 5.56 Å². The Morgan fingerprint density at radius 1 is 1.29 bits per heavy atom. The second kappa shape index (κ2) is 4.56. The van der Waals surface area contributed by atoms with Crippen LogP contribution in [-0.4, -0.2) is 12.3 Å². The number of esters is 1. The van der Waals surface area contributed by atoms with Gasteiger partial charge in [-0.05, 0) is 23.6 Å². The van der Waals surface area contributed by atoms with Crippen molar-refractivity contribution < 1.29 is 14.3 Å². The maximum atomic E-state index is 10.6. The highest BCUT2D eigenvalue weighted by Crippen LogP contribution is 2.18.